The maximum Gasteiger partial charge on any atom is 0.287 e. The Kier molecular flexibility index (Phi) is 4.65. The van der Waals surface area contributed by atoms with Crippen molar-refractivity contribution in [3.63, 3.8) is 0 Å². The third-order valence-electron chi connectivity index (χ3n) is 4.29. The minimum atomic E-state index is -1.86. The largest absolute Gasteiger partial charge is 0.568 e. The van der Waals surface area contributed by atoms with E-state index in [1.54, 1.807) is 0 Å². The highest BCUT2D eigenvalue weighted by Gasteiger charge is 2.37. The average Bonchev–Trinajstić information content (AvgIpc) is 2.72. The lowest BCUT2D eigenvalue weighted by molar-refractivity contribution is -0.117. The molecule has 1 amide bonds. The number of carbonyl (C=O) groups is 1. The number of aromatic hydroxyl groups is 1. The van der Waals surface area contributed by atoms with Crippen LogP contribution in [0, 0.1) is 11.7 Å². The zero-order valence-corrected chi connectivity index (χ0v) is 13.7. The predicted molar refractivity (Wildman–Crippen MR) is 85.4 cm³/mol. The Hall–Kier alpha value is -1.51. The third kappa shape index (κ3) is 3.54. The maximum atomic E-state index is 14.4. The first-order valence-corrected chi connectivity index (χ1v) is 8.73. The second-order valence-corrected chi connectivity index (χ2v) is 7.39. The van der Waals surface area contributed by atoms with Gasteiger partial charge in [-0.1, -0.05) is 6.42 Å². The second-order valence-electron chi connectivity index (χ2n) is 6.25. The molecule has 126 valence electrons. The van der Waals surface area contributed by atoms with Gasteiger partial charge in [-0.3, -0.25) is 4.79 Å². The summed E-state index contributed by atoms with van der Waals surface area (Å²) in [4.78, 5) is 13.4. The topological polar surface area (TPSA) is 78.9 Å². The number of nitrogens with one attached hydrogen (secondary N) is 1. The lowest BCUT2D eigenvalue weighted by atomic mass is 9.85. The van der Waals surface area contributed by atoms with Gasteiger partial charge in [0.1, 0.15) is 5.75 Å². The first kappa shape index (κ1) is 16.4. The van der Waals surface area contributed by atoms with Crippen LogP contribution in [0.4, 0.5) is 10.1 Å². The summed E-state index contributed by atoms with van der Waals surface area (Å²) in [6.45, 7) is 1.25. The molecular weight excluding hydrogens is 321 g/mol. The number of phenols is 1. The number of anilines is 1. The molecule has 1 aliphatic heterocycles. The summed E-state index contributed by atoms with van der Waals surface area (Å²) >= 11 is -1.86. The number of carbonyl (C=O) groups excluding carboxylic acids is 1. The first-order chi connectivity index (χ1) is 10.9. The van der Waals surface area contributed by atoms with E-state index in [1.165, 1.54) is 31.4 Å². The van der Waals surface area contributed by atoms with Crippen LogP contribution in [-0.4, -0.2) is 40.6 Å². The van der Waals surface area contributed by atoms with Gasteiger partial charge in [0, 0.05) is 13.1 Å². The number of halogens is 1. The van der Waals surface area contributed by atoms with Gasteiger partial charge in [-0.15, -0.1) is 4.72 Å². The Morgan fingerprint density at radius 1 is 1.52 bits per heavy atom. The van der Waals surface area contributed by atoms with E-state index in [0.717, 1.165) is 10.8 Å². The van der Waals surface area contributed by atoms with Crippen LogP contribution in [0.5, 0.6) is 5.75 Å². The van der Waals surface area contributed by atoms with E-state index in [-0.39, 0.29) is 18.0 Å². The number of amides is 1. The number of phenolic OH excluding ortho intramolecular Hbond substituents is 1. The van der Waals surface area contributed by atoms with Crippen molar-refractivity contribution in [2.24, 2.45) is 5.92 Å². The van der Waals surface area contributed by atoms with Crippen LogP contribution in [0.3, 0.4) is 0 Å². The molecule has 2 fully saturated rings. The molecular formula is C15H20FN3O3S. The molecule has 0 bridgehead atoms. The van der Waals surface area contributed by atoms with E-state index in [1.807, 2.05) is 7.05 Å². The highest BCUT2D eigenvalue weighted by atomic mass is 32.2. The number of nitrogens with zero attached hydrogens (tertiary/aromatic N) is 2. The Balaban J connectivity index is 1.73. The number of hydrogen-bond donors (Lipinski definition) is 2. The highest BCUT2D eigenvalue weighted by molar-refractivity contribution is 7.92. The van der Waals surface area contributed by atoms with Gasteiger partial charge in [-0.05, 0) is 43.5 Å². The van der Waals surface area contributed by atoms with E-state index in [2.05, 4.69) is 9.62 Å². The van der Waals surface area contributed by atoms with Gasteiger partial charge in [0.25, 0.3) is 5.91 Å². The van der Waals surface area contributed by atoms with Gasteiger partial charge in [0.15, 0.2) is 29.6 Å². The number of hydrogen-bond acceptors (Lipinski definition) is 5. The Labute approximate surface area is 137 Å². The minimum absolute atomic E-state index is 0.202. The van der Waals surface area contributed by atoms with Gasteiger partial charge in [-0.2, -0.15) is 4.31 Å². The van der Waals surface area contributed by atoms with Crippen molar-refractivity contribution < 1.29 is 18.8 Å². The summed E-state index contributed by atoms with van der Waals surface area (Å²) in [5.74, 6) is -0.739. The molecule has 2 N–H and O–H groups in total. The fraction of sp³-hybridized carbons (Fsp3) is 0.533. The fourth-order valence-corrected chi connectivity index (χ4v) is 3.96. The van der Waals surface area contributed by atoms with Crippen molar-refractivity contribution in [3.05, 3.63) is 23.5 Å². The lowest BCUT2D eigenvalue weighted by Crippen LogP contribution is -2.30. The summed E-state index contributed by atoms with van der Waals surface area (Å²) in [6.07, 6.45) is 3.76. The van der Waals surface area contributed by atoms with Crippen molar-refractivity contribution in [2.45, 2.75) is 25.8 Å². The average molecular weight is 341 g/mol. The van der Waals surface area contributed by atoms with Gasteiger partial charge >= 0.3 is 0 Å². The van der Waals surface area contributed by atoms with E-state index >= 15 is 0 Å². The van der Waals surface area contributed by atoms with Crippen LogP contribution < -0.4 is 9.03 Å². The molecule has 2 aliphatic rings. The monoisotopic (exact) mass is 341 g/mol. The molecule has 0 spiro atoms. The molecule has 1 unspecified atom stereocenters. The van der Waals surface area contributed by atoms with Crippen molar-refractivity contribution in [2.75, 3.05) is 24.4 Å². The van der Waals surface area contributed by atoms with E-state index in [0.29, 0.717) is 18.0 Å². The van der Waals surface area contributed by atoms with Gasteiger partial charge in [0.05, 0.1) is 0 Å². The molecule has 3 rings (SSSR count). The molecule has 1 aliphatic carbocycles. The molecule has 6 nitrogen and oxygen atoms in total. The smallest absolute Gasteiger partial charge is 0.287 e. The molecule has 1 heterocycles. The van der Waals surface area contributed by atoms with Crippen molar-refractivity contribution in [1.82, 2.24) is 9.62 Å². The van der Waals surface area contributed by atoms with Gasteiger partial charge < -0.3 is 14.6 Å². The van der Waals surface area contributed by atoms with Gasteiger partial charge in [0.2, 0.25) is 0 Å². The van der Waals surface area contributed by atoms with Crippen molar-refractivity contribution in [1.29, 1.82) is 0 Å². The third-order valence-corrected chi connectivity index (χ3v) is 5.40. The molecule has 8 heteroatoms. The lowest BCUT2D eigenvalue weighted by Gasteiger charge is -2.30. The van der Waals surface area contributed by atoms with Crippen molar-refractivity contribution >= 4 is 23.1 Å². The van der Waals surface area contributed by atoms with Crippen LogP contribution in [0.2, 0.25) is 0 Å². The summed E-state index contributed by atoms with van der Waals surface area (Å²) in [5.41, 5.74) is 0.446. The Morgan fingerprint density at radius 3 is 2.78 bits per heavy atom. The molecule has 1 saturated carbocycles. The maximum absolute atomic E-state index is 14.4. The van der Waals surface area contributed by atoms with Crippen LogP contribution in [0.25, 0.3) is 0 Å². The molecule has 1 saturated heterocycles. The zero-order valence-electron chi connectivity index (χ0n) is 12.9. The Morgan fingerprint density at radius 2 is 2.26 bits per heavy atom. The number of rotatable bonds is 5. The summed E-state index contributed by atoms with van der Waals surface area (Å²) in [7, 11) is 1.97. The van der Waals surface area contributed by atoms with Crippen LogP contribution in [0.15, 0.2) is 12.1 Å². The van der Waals surface area contributed by atoms with Crippen molar-refractivity contribution in [3.8, 4) is 5.75 Å². The molecule has 0 radical (unpaired) electrons. The first-order valence-electron chi connectivity index (χ1n) is 7.63. The predicted octanol–water partition coefficient (Wildman–Crippen LogP) is 1.28. The molecule has 0 aromatic heterocycles. The molecule has 23 heavy (non-hydrogen) atoms. The zero-order chi connectivity index (χ0) is 16.6. The van der Waals surface area contributed by atoms with Crippen LogP contribution >= 0.6 is 0 Å². The Bertz CT molecular complexity index is 589. The molecule has 1 atom stereocenters. The quantitative estimate of drug-likeness (QED) is 0.789. The van der Waals surface area contributed by atoms with Gasteiger partial charge in [-0.25, -0.2) is 4.39 Å². The fourth-order valence-electron chi connectivity index (χ4n) is 3.01. The van der Waals surface area contributed by atoms with Crippen LogP contribution in [-0.2, 0) is 22.9 Å². The summed E-state index contributed by atoms with van der Waals surface area (Å²) < 4.78 is 29.3. The summed E-state index contributed by atoms with van der Waals surface area (Å²) in [5, 5.41) is 10.1. The SMILES string of the molecule is CN(Cc1cc(O)c(N2CC(=O)N[S+]2[O-])c(F)c1)CC1CCC1. The van der Waals surface area contributed by atoms with E-state index in [4.69, 9.17) is 0 Å². The minimum Gasteiger partial charge on any atom is -0.568 e. The standard InChI is InChI=1S/C15H20FN3O3S/c1-18(7-10-3-2-4-10)8-11-5-12(16)15(13(20)6-11)19-9-14(21)17-23(19)22/h5-6,10,20H,2-4,7-9H2,1H3,(H,17,21). The second kappa shape index (κ2) is 6.54. The van der Waals surface area contributed by atoms with Crippen LogP contribution in [0.1, 0.15) is 24.8 Å². The highest BCUT2D eigenvalue weighted by Crippen LogP contribution is 2.35. The molecule has 1 aromatic carbocycles. The van der Waals surface area contributed by atoms with E-state index in [9.17, 15) is 18.8 Å². The number of benzene rings is 1. The normalized spacial score (nSPS) is 21.7. The molecule has 1 aromatic rings. The summed E-state index contributed by atoms with van der Waals surface area (Å²) in [6, 6.07) is 2.79. The van der Waals surface area contributed by atoms with E-state index < -0.39 is 23.3 Å².